The molecular weight excluding hydrogens is 186 g/mol. The van der Waals surface area contributed by atoms with Crippen molar-refractivity contribution in [2.45, 2.75) is 26.7 Å². The summed E-state index contributed by atoms with van der Waals surface area (Å²) < 4.78 is 0. The highest BCUT2D eigenvalue weighted by atomic mass is 16.2. The van der Waals surface area contributed by atoms with Gasteiger partial charge < -0.3 is 10.1 Å². The van der Waals surface area contributed by atoms with Crippen molar-refractivity contribution in [3.8, 4) is 0 Å². The number of H-pyrrole nitrogens is 1. The van der Waals surface area contributed by atoms with Crippen molar-refractivity contribution >= 4 is 10.9 Å². The molecule has 2 aromatic rings. The van der Waals surface area contributed by atoms with Crippen molar-refractivity contribution in [3.63, 3.8) is 0 Å². The van der Waals surface area contributed by atoms with E-state index in [0.717, 1.165) is 12.8 Å². The molecule has 0 aliphatic carbocycles. The van der Waals surface area contributed by atoms with Gasteiger partial charge >= 0.3 is 0 Å². The third-order valence-electron chi connectivity index (χ3n) is 2.98. The normalized spacial score (nSPS) is 11.1. The van der Waals surface area contributed by atoms with E-state index >= 15 is 0 Å². The summed E-state index contributed by atoms with van der Waals surface area (Å²) in [5, 5.41) is 10.3. The van der Waals surface area contributed by atoms with Crippen LogP contribution in [0.1, 0.15) is 23.7 Å². The smallest absolute Gasteiger partial charge is 0.0491 e. The van der Waals surface area contributed by atoms with E-state index in [0.29, 0.717) is 0 Å². The van der Waals surface area contributed by atoms with E-state index in [9.17, 15) is 0 Å². The summed E-state index contributed by atoms with van der Waals surface area (Å²) in [6.07, 6.45) is 1.77. The number of para-hydroxylation sites is 1. The van der Waals surface area contributed by atoms with Crippen LogP contribution in [-0.2, 0) is 12.8 Å². The minimum Gasteiger partial charge on any atom is -0.396 e. The van der Waals surface area contributed by atoms with Crippen molar-refractivity contribution in [2.75, 3.05) is 6.61 Å². The topological polar surface area (TPSA) is 36.0 Å². The number of nitrogens with one attached hydrogen (secondary N) is 1. The Morgan fingerprint density at radius 2 is 2.13 bits per heavy atom. The second-order valence-corrected chi connectivity index (χ2v) is 3.90. The lowest BCUT2D eigenvalue weighted by molar-refractivity contribution is 0.300. The van der Waals surface area contributed by atoms with Gasteiger partial charge in [0.15, 0.2) is 0 Å². The van der Waals surface area contributed by atoms with E-state index in [1.165, 1.54) is 27.7 Å². The van der Waals surface area contributed by atoms with Gasteiger partial charge in [-0.25, -0.2) is 0 Å². The van der Waals surface area contributed by atoms with Gasteiger partial charge in [0.25, 0.3) is 0 Å². The van der Waals surface area contributed by atoms with Gasteiger partial charge in [0.2, 0.25) is 0 Å². The lowest BCUT2D eigenvalue weighted by Crippen LogP contribution is -1.91. The van der Waals surface area contributed by atoms with Crippen LogP contribution in [0, 0.1) is 6.92 Å². The molecule has 0 atom stereocenters. The van der Waals surface area contributed by atoms with Crippen molar-refractivity contribution in [1.82, 2.24) is 4.98 Å². The highest BCUT2D eigenvalue weighted by molar-refractivity contribution is 5.87. The van der Waals surface area contributed by atoms with Gasteiger partial charge in [-0.1, -0.05) is 25.1 Å². The van der Waals surface area contributed by atoms with E-state index in [1.807, 2.05) is 0 Å². The van der Waals surface area contributed by atoms with E-state index < -0.39 is 0 Å². The van der Waals surface area contributed by atoms with Gasteiger partial charge in [-0.3, -0.25) is 0 Å². The van der Waals surface area contributed by atoms with Crippen LogP contribution in [0.2, 0.25) is 0 Å². The molecule has 15 heavy (non-hydrogen) atoms. The van der Waals surface area contributed by atoms with Gasteiger partial charge in [0, 0.05) is 23.2 Å². The predicted octanol–water partition coefficient (Wildman–Crippen LogP) is 2.57. The molecular formula is C13H17NO. The van der Waals surface area contributed by atoms with Crippen LogP contribution >= 0.6 is 0 Å². The molecule has 0 radical (unpaired) electrons. The van der Waals surface area contributed by atoms with Crippen molar-refractivity contribution in [1.29, 1.82) is 0 Å². The summed E-state index contributed by atoms with van der Waals surface area (Å²) >= 11 is 0. The Morgan fingerprint density at radius 3 is 2.80 bits per heavy atom. The molecule has 2 N–H and O–H groups in total. The molecule has 2 nitrogen and oxygen atoms in total. The number of aryl methyl sites for hydroxylation is 2. The summed E-state index contributed by atoms with van der Waals surface area (Å²) in [6, 6.07) is 6.37. The summed E-state index contributed by atoms with van der Waals surface area (Å²) in [4.78, 5) is 3.42. The molecule has 2 heteroatoms. The third-order valence-corrected chi connectivity index (χ3v) is 2.98. The molecule has 0 bridgehead atoms. The monoisotopic (exact) mass is 203 g/mol. The van der Waals surface area contributed by atoms with Gasteiger partial charge in [0.05, 0.1) is 0 Å². The molecule has 0 saturated heterocycles. The van der Waals surface area contributed by atoms with E-state index in [2.05, 4.69) is 37.0 Å². The standard InChI is InChI=1S/C13H17NO/c1-3-10-5-4-6-12-11(7-8-15)9(2)14-13(10)12/h4-6,14-15H,3,7-8H2,1-2H3. The minimum absolute atomic E-state index is 0.212. The van der Waals surface area contributed by atoms with Crippen LogP contribution in [0.3, 0.4) is 0 Å². The minimum atomic E-state index is 0.212. The molecule has 0 unspecified atom stereocenters. The van der Waals surface area contributed by atoms with Crippen LogP contribution in [0.15, 0.2) is 18.2 Å². The highest BCUT2D eigenvalue weighted by Crippen LogP contribution is 2.25. The largest absolute Gasteiger partial charge is 0.396 e. The van der Waals surface area contributed by atoms with Gasteiger partial charge in [-0.05, 0) is 30.9 Å². The molecule has 1 aromatic heterocycles. The number of benzene rings is 1. The zero-order valence-corrected chi connectivity index (χ0v) is 9.30. The van der Waals surface area contributed by atoms with E-state index in [4.69, 9.17) is 5.11 Å². The lowest BCUT2D eigenvalue weighted by Gasteiger charge is -2.00. The summed E-state index contributed by atoms with van der Waals surface area (Å²) in [5.74, 6) is 0. The van der Waals surface area contributed by atoms with Gasteiger partial charge in [-0.2, -0.15) is 0 Å². The fourth-order valence-corrected chi connectivity index (χ4v) is 2.19. The lowest BCUT2D eigenvalue weighted by atomic mass is 10.0. The maximum absolute atomic E-state index is 9.03. The number of aromatic amines is 1. The molecule has 0 fully saturated rings. The number of aliphatic hydroxyl groups is 1. The Hall–Kier alpha value is -1.28. The van der Waals surface area contributed by atoms with E-state index in [1.54, 1.807) is 0 Å². The Bertz CT molecular complexity index is 471. The number of rotatable bonds is 3. The number of aromatic nitrogens is 1. The first kappa shape index (κ1) is 10.2. The summed E-state index contributed by atoms with van der Waals surface area (Å²) in [6.45, 7) is 4.45. The van der Waals surface area contributed by atoms with Gasteiger partial charge in [0.1, 0.15) is 0 Å². The fraction of sp³-hybridized carbons (Fsp3) is 0.385. The molecule has 0 amide bonds. The number of fused-ring (bicyclic) bond motifs is 1. The number of hydrogen-bond donors (Lipinski definition) is 2. The second kappa shape index (κ2) is 4.07. The highest BCUT2D eigenvalue weighted by Gasteiger charge is 2.09. The SMILES string of the molecule is CCc1cccc2c(CCO)c(C)[nH]c12. The van der Waals surface area contributed by atoms with Crippen LogP contribution in [0.5, 0.6) is 0 Å². The average molecular weight is 203 g/mol. The second-order valence-electron chi connectivity index (χ2n) is 3.90. The maximum atomic E-state index is 9.03. The zero-order chi connectivity index (χ0) is 10.8. The van der Waals surface area contributed by atoms with Crippen LogP contribution in [0.4, 0.5) is 0 Å². The Morgan fingerprint density at radius 1 is 1.33 bits per heavy atom. The summed E-state index contributed by atoms with van der Waals surface area (Å²) in [7, 11) is 0. The molecule has 2 rings (SSSR count). The molecule has 1 aromatic carbocycles. The first-order chi connectivity index (χ1) is 7.27. The molecule has 0 saturated carbocycles. The molecule has 0 spiro atoms. The number of hydrogen-bond acceptors (Lipinski definition) is 1. The maximum Gasteiger partial charge on any atom is 0.0491 e. The molecule has 1 heterocycles. The van der Waals surface area contributed by atoms with Crippen LogP contribution in [-0.4, -0.2) is 16.7 Å². The third kappa shape index (κ3) is 1.65. The zero-order valence-electron chi connectivity index (χ0n) is 9.30. The number of aliphatic hydroxyl groups excluding tert-OH is 1. The van der Waals surface area contributed by atoms with Gasteiger partial charge in [-0.15, -0.1) is 0 Å². The average Bonchev–Trinajstić information content (AvgIpc) is 2.56. The van der Waals surface area contributed by atoms with Crippen LogP contribution < -0.4 is 0 Å². The molecule has 80 valence electrons. The first-order valence-electron chi connectivity index (χ1n) is 5.47. The van der Waals surface area contributed by atoms with E-state index in [-0.39, 0.29) is 6.61 Å². The predicted molar refractivity (Wildman–Crippen MR) is 63.2 cm³/mol. The molecule has 0 aliphatic rings. The van der Waals surface area contributed by atoms with Crippen molar-refractivity contribution in [3.05, 3.63) is 35.0 Å². The quantitative estimate of drug-likeness (QED) is 0.790. The summed E-state index contributed by atoms with van der Waals surface area (Å²) in [5.41, 5.74) is 5.02. The van der Waals surface area contributed by atoms with Crippen LogP contribution in [0.25, 0.3) is 10.9 Å². The van der Waals surface area contributed by atoms with Crippen molar-refractivity contribution in [2.24, 2.45) is 0 Å². The molecule has 0 aliphatic heterocycles. The first-order valence-corrected chi connectivity index (χ1v) is 5.47. The van der Waals surface area contributed by atoms with Crippen molar-refractivity contribution < 1.29 is 5.11 Å². The Labute approximate surface area is 89.9 Å². The Kier molecular flexibility index (Phi) is 2.78. The fourth-order valence-electron chi connectivity index (χ4n) is 2.19. The Balaban J connectivity index is 2.67.